The zero-order valence-corrected chi connectivity index (χ0v) is 11.9. The molecule has 0 saturated heterocycles. The van der Waals surface area contributed by atoms with E-state index >= 15 is 0 Å². The molecule has 0 spiro atoms. The van der Waals surface area contributed by atoms with Gasteiger partial charge in [-0.25, -0.2) is 4.79 Å². The van der Waals surface area contributed by atoms with Gasteiger partial charge < -0.3 is 10.1 Å². The number of hydrogen-bond donors (Lipinski definition) is 1. The van der Waals surface area contributed by atoms with Crippen molar-refractivity contribution < 1.29 is 9.53 Å². The third-order valence-electron chi connectivity index (χ3n) is 1.92. The van der Waals surface area contributed by atoms with Crippen molar-refractivity contribution >= 4 is 22.0 Å². The lowest BCUT2D eigenvalue weighted by Gasteiger charge is -2.19. The van der Waals surface area contributed by atoms with E-state index in [-0.39, 0.29) is 6.09 Å². The summed E-state index contributed by atoms with van der Waals surface area (Å²) < 4.78 is 6.08. The number of alkyl carbamates (subject to hydrolysis) is 1. The standard InChI is InChI=1S/C12H17BrN2O2/c1-12(2,3)17-11(16)15-7-5-9-4-6-14-8-10(9)13/h4,6,8H,5,7H2,1-3H3,(H,15,16). The van der Waals surface area contributed by atoms with Crippen LogP contribution in [0.4, 0.5) is 4.79 Å². The van der Waals surface area contributed by atoms with E-state index in [0.717, 1.165) is 16.5 Å². The van der Waals surface area contributed by atoms with Crippen molar-refractivity contribution in [3.05, 3.63) is 28.5 Å². The fourth-order valence-corrected chi connectivity index (χ4v) is 1.67. The molecule has 0 fully saturated rings. The summed E-state index contributed by atoms with van der Waals surface area (Å²) in [4.78, 5) is 15.4. The second-order valence-electron chi connectivity index (χ2n) is 4.65. The van der Waals surface area contributed by atoms with Crippen LogP contribution in [0.5, 0.6) is 0 Å². The van der Waals surface area contributed by atoms with Crippen molar-refractivity contribution in [1.82, 2.24) is 10.3 Å². The van der Waals surface area contributed by atoms with E-state index in [4.69, 9.17) is 4.74 Å². The Morgan fingerprint density at radius 2 is 2.24 bits per heavy atom. The maximum Gasteiger partial charge on any atom is 0.407 e. The lowest BCUT2D eigenvalue weighted by Crippen LogP contribution is -2.33. The molecule has 1 aromatic rings. The van der Waals surface area contributed by atoms with E-state index in [2.05, 4.69) is 26.2 Å². The molecular weight excluding hydrogens is 284 g/mol. The third-order valence-corrected chi connectivity index (χ3v) is 2.63. The van der Waals surface area contributed by atoms with Crippen molar-refractivity contribution in [3.63, 3.8) is 0 Å². The van der Waals surface area contributed by atoms with Crippen molar-refractivity contribution in [1.29, 1.82) is 0 Å². The molecule has 0 saturated carbocycles. The molecule has 5 heteroatoms. The molecule has 0 atom stereocenters. The molecular formula is C12H17BrN2O2. The van der Waals surface area contributed by atoms with Gasteiger partial charge in [-0.15, -0.1) is 0 Å². The van der Waals surface area contributed by atoms with E-state index in [0.29, 0.717) is 6.54 Å². The Hall–Kier alpha value is -1.10. The van der Waals surface area contributed by atoms with Crippen LogP contribution in [0.15, 0.2) is 22.9 Å². The highest BCUT2D eigenvalue weighted by Crippen LogP contribution is 2.14. The lowest BCUT2D eigenvalue weighted by atomic mass is 10.2. The number of carbonyl (C=O) groups excluding carboxylic acids is 1. The summed E-state index contributed by atoms with van der Waals surface area (Å²) in [5.41, 5.74) is 0.650. The normalized spacial score (nSPS) is 11.1. The topological polar surface area (TPSA) is 51.2 Å². The minimum Gasteiger partial charge on any atom is -0.444 e. The highest BCUT2D eigenvalue weighted by atomic mass is 79.9. The maximum absolute atomic E-state index is 11.4. The Morgan fingerprint density at radius 3 is 2.82 bits per heavy atom. The first-order valence-electron chi connectivity index (χ1n) is 5.44. The van der Waals surface area contributed by atoms with Crippen LogP contribution in [0.2, 0.25) is 0 Å². The first-order chi connectivity index (χ1) is 7.88. The zero-order valence-electron chi connectivity index (χ0n) is 10.3. The van der Waals surface area contributed by atoms with Crippen LogP contribution in [0.1, 0.15) is 26.3 Å². The van der Waals surface area contributed by atoms with Gasteiger partial charge in [-0.1, -0.05) is 0 Å². The van der Waals surface area contributed by atoms with Crippen LogP contribution in [-0.4, -0.2) is 23.2 Å². The van der Waals surface area contributed by atoms with Gasteiger partial charge in [0.2, 0.25) is 0 Å². The van der Waals surface area contributed by atoms with Crippen molar-refractivity contribution in [2.24, 2.45) is 0 Å². The molecule has 94 valence electrons. The Labute approximate surface area is 110 Å². The van der Waals surface area contributed by atoms with Gasteiger partial charge in [0.25, 0.3) is 0 Å². The summed E-state index contributed by atoms with van der Waals surface area (Å²) >= 11 is 3.41. The van der Waals surface area contributed by atoms with Crippen molar-refractivity contribution in [2.45, 2.75) is 32.8 Å². The van der Waals surface area contributed by atoms with Gasteiger partial charge in [-0.05, 0) is 54.8 Å². The quantitative estimate of drug-likeness (QED) is 0.934. The molecule has 17 heavy (non-hydrogen) atoms. The second-order valence-corrected chi connectivity index (χ2v) is 5.50. The van der Waals surface area contributed by atoms with Crippen molar-refractivity contribution in [3.8, 4) is 0 Å². The molecule has 1 N–H and O–H groups in total. The van der Waals surface area contributed by atoms with Gasteiger partial charge in [0, 0.05) is 23.4 Å². The van der Waals surface area contributed by atoms with Gasteiger partial charge in [-0.3, -0.25) is 4.98 Å². The number of nitrogens with zero attached hydrogens (tertiary/aromatic N) is 1. The molecule has 4 nitrogen and oxygen atoms in total. The number of hydrogen-bond acceptors (Lipinski definition) is 3. The van der Waals surface area contributed by atoms with Gasteiger partial charge in [0.15, 0.2) is 0 Å². The van der Waals surface area contributed by atoms with Crippen LogP contribution in [0.25, 0.3) is 0 Å². The molecule has 1 rings (SSSR count). The van der Waals surface area contributed by atoms with Gasteiger partial charge >= 0.3 is 6.09 Å². The second kappa shape index (κ2) is 6.00. The van der Waals surface area contributed by atoms with Crippen molar-refractivity contribution in [2.75, 3.05) is 6.54 Å². The van der Waals surface area contributed by atoms with Crippen LogP contribution in [0.3, 0.4) is 0 Å². The number of pyridine rings is 1. The summed E-state index contributed by atoms with van der Waals surface area (Å²) in [5.74, 6) is 0. The smallest absolute Gasteiger partial charge is 0.407 e. The summed E-state index contributed by atoms with van der Waals surface area (Å²) in [7, 11) is 0. The molecule has 0 aliphatic rings. The maximum atomic E-state index is 11.4. The minimum atomic E-state index is -0.457. The Bertz CT molecular complexity index is 388. The molecule has 1 amide bonds. The fourth-order valence-electron chi connectivity index (χ4n) is 1.22. The number of amides is 1. The molecule has 0 aromatic carbocycles. The van der Waals surface area contributed by atoms with E-state index < -0.39 is 5.60 Å². The summed E-state index contributed by atoms with van der Waals surface area (Å²) in [6.45, 7) is 6.06. The molecule has 0 radical (unpaired) electrons. The molecule has 0 aliphatic carbocycles. The zero-order chi connectivity index (χ0) is 12.9. The summed E-state index contributed by atoms with van der Waals surface area (Å²) in [6.07, 6.45) is 3.82. The molecule has 0 bridgehead atoms. The lowest BCUT2D eigenvalue weighted by molar-refractivity contribution is 0.0528. The SMILES string of the molecule is CC(C)(C)OC(=O)NCCc1ccncc1Br. The monoisotopic (exact) mass is 300 g/mol. The summed E-state index contributed by atoms with van der Waals surface area (Å²) in [5, 5.41) is 2.71. The fraction of sp³-hybridized carbons (Fsp3) is 0.500. The van der Waals surface area contributed by atoms with Gasteiger partial charge in [0.1, 0.15) is 5.60 Å². The predicted octanol–water partition coefficient (Wildman–Crippen LogP) is 2.91. The molecule has 1 heterocycles. The first-order valence-corrected chi connectivity index (χ1v) is 6.23. The minimum absolute atomic E-state index is 0.386. The predicted molar refractivity (Wildman–Crippen MR) is 69.9 cm³/mol. The third kappa shape index (κ3) is 5.68. The van der Waals surface area contributed by atoms with Gasteiger partial charge in [-0.2, -0.15) is 0 Å². The average Bonchev–Trinajstić information content (AvgIpc) is 2.18. The van der Waals surface area contributed by atoms with E-state index in [9.17, 15) is 4.79 Å². The number of halogens is 1. The van der Waals surface area contributed by atoms with Gasteiger partial charge in [0.05, 0.1) is 0 Å². The average molecular weight is 301 g/mol. The van der Waals surface area contributed by atoms with Crippen LogP contribution in [0, 0.1) is 0 Å². The number of rotatable bonds is 3. The Balaban J connectivity index is 2.34. The number of nitrogens with one attached hydrogen (secondary N) is 1. The van der Waals surface area contributed by atoms with E-state index in [1.165, 1.54) is 0 Å². The highest BCUT2D eigenvalue weighted by molar-refractivity contribution is 9.10. The summed E-state index contributed by atoms with van der Waals surface area (Å²) in [6, 6.07) is 1.92. The molecule has 0 unspecified atom stereocenters. The van der Waals surface area contributed by atoms with Crippen LogP contribution >= 0.6 is 15.9 Å². The Kier molecular flexibility index (Phi) is 4.93. The van der Waals surface area contributed by atoms with E-state index in [1.54, 1.807) is 12.4 Å². The van der Waals surface area contributed by atoms with Crippen LogP contribution < -0.4 is 5.32 Å². The number of carbonyl (C=O) groups is 1. The molecule has 0 aliphatic heterocycles. The number of aromatic nitrogens is 1. The largest absolute Gasteiger partial charge is 0.444 e. The van der Waals surface area contributed by atoms with E-state index in [1.807, 2.05) is 26.8 Å². The highest BCUT2D eigenvalue weighted by Gasteiger charge is 2.15. The number of ether oxygens (including phenoxy) is 1. The Morgan fingerprint density at radius 1 is 1.53 bits per heavy atom. The first kappa shape index (κ1) is 14.0. The van der Waals surface area contributed by atoms with Crippen LogP contribution in [-0.2, 0) is 11.2 Å². The molecule has 1 aromatic heterocycles.